The highest BCUT2D eigenvalue weighted by molar-refractivity contribution is 5.97. The van der Waals surface area contributed by atoms with Crippen LogP contribution >= 0.6 is 0 Å². The van der Waals surface area contributed by atoms with Gasteiger partial charge in [-0.1, -0.05) is 12.5 Å². The summed E-state index contributed by atoms with van der Waals surface area (Å²) in [7, 11) is 0. The molecule has 1 aliphatic carbocycles. The van der Waals surface area contributed by atoms with E-state index in [1.54, 1.807) is 23.1 Å². The highest BCUT2D eigenvalue weighted by Crippen LogP contribution is 2.48. The first-order chi connectivity index (χ1) is 12.4. The molecule has 2 fully saturated rings. The van der Waals surface area contributed by atoms with Crippen molar-refractivity contribution in [2.75, 3.05) is 25.0 Å². The first kappa shape index (κ1) is 18.2. The van der Waals surface area contributed by atoms with Gasteiger partial charge in [-0.3, -0.25) is 9.59 Å². The molecule has 1 saturated heterocycles. The van der Waals surface area contributed by atoms with E-state index in [1.807, 2.05) is 13.8 Å². The maximum atomic E-state index is 12.7. The summed E-state index contributed by atoms with van der Waals surface area (Å²) in [6, 6.07) is 4.85. The Morgan fingerprint density at radius 1 is 1.35 bits per heavy atom. The predicted octanol–water partition coefficient (Wildman–Crippen LogP) is 2.46. The highest BCUT2D eigenvalue weighted by Gasteiger charge is 2.55. The second kappa shape index (κ2) is 6.97. The van der Waals surface area contributed by atoms with Gasteiger partial charge in [0.05, 0.1) is 5.41 Å². The van der Waals surface area contributed by atoms with Crippen LogP contribution in [0.25, 0.3) is 0 Å². The molecule has 3 rings (SSSR count). The van der Waals surface area contributed by atoms with Crippen molar-refractivity contribution in [3.63, 3.8) is 0 Å². The number of anilines is 1. The zero-order valence-electron chi connectivity index (χ0n) is 15.2. The van der Waals surface area contributed by atoms with E-state index < -0.39 is 11.4 Å². The van der Waals surface area contributed by atoms with Crippen LogP contribution in [0, 0.1) is 18.3 Å². The number of nitrogens with one attached hydrogen (secondary N) is 2. The maximum Gasteiger partial charge on any atom is 0.321 e. The molecule has 1 aliphatic heterocycles. The fourth-order valence-corrected chi connectivity index (χ4v) is 4.15. The fraction of sp³-hybridized carbons (Fsp3) is 0.526. The lowest BCUT2D eigenvalue weighted by atomic mass is 9.81. The van der Waals surface area contributed by atoms with Crippen LogP contribution in [-0.4, -0.2) is 47.5 Å². The lowest BCUT2D eigenvalue weighted by Crippen LogP contribution is -2.38. The van der Waals surface area contributed by atoms with E-state index in [0.29, 0.717) is 30.8 Å². The molecule has 2 aliphatic rings. The molecule has 0 bridgehead atoms. The van der Waals surface area contributed by atoms with Gasteiger partial charge < -0.3 is 20.6 Å². The average molecular weight is 359 g/mol. The number of rotatable bonds is 4. The number of urea groups is 1. The Hall–Kier alpha value is -2.57. The Balaban J connectivity index is 1.74. The number of amides is 3. The number of carbonyl (C=O) groups excluding carboxylic acids is 2. The van der Waals surface area contributed by atoms with Crippen LogP contribution < -0.4 is 10.6 Å². The van der Waals surface area contributed by atoms with E-state index in [4.69, 9.17) is 0 Å². The summed E-state index contributed by atoms with van der Waals surface area (Å²) in [5.41, 5.74) is 1.10. The van der Waals surface area contributed by atoms with E-state index in [-0.39, 0.29) is 24.4 Å². The van der Waals surface area contributed by atoms with Gasteiger partial charge in [0.1, 0.15) is 0 Å². The van der Waals surface area contributed by atoms with E-state index >= 15 is 0 Å². The number of fused-ring (bicyclic) bond motifs is 1. The Morgan fingerprint density at radius 2 is 2.12 bits per heavy atom. The molecule has 2 atom stereocenters. The fourth-order valence-electron chi connectivity index (χ4n) is 4.15. The standard InChI is InChI=1S/C19H25N3O4/c1-3-20-16(23)13-7-6-12(2)15(9-13)21-18(26)22-10-14-5-4-8-19(14,11-22)17(24)25/h6-7,9,14H,3-5,8,10-11H2,1-2H3,(H,20,23)(H,21,26)(H,24,25)/t14-,19+/m0/s1. The molecule has 1 aromatic carbocycles. The number of hydrogen-bond acceptors (Lipinski definition) is 3. The minimum Gasteiger partial charge on any atom is -0.481 e. The summed E-state index contributed by atoms with van der Waals surface area (Å²) in [5, 5.41) is 15.2. The second-order valence-corrected chi connectivity index (χ2v) is 7.25. The summed E-state index contributed by atoms with van der Waals surface area (Å²) in [6.07, 6.45) is 2.38. The molecule has 140 valence electrons. The quantitative estimate of drug-likeness (QED) is 0.769. The molecule has 1 saturated carbocycles. The van der Waals surface area contributed by atoms with Gasteiger partial charge in [0.2, 0.25) is 0 Å². The summed E-state index contributed by atoms with van der Waals surface area (Å²) < 4.78 is 0. The number of benzene rings is 1. The third-order valence-corrected chi connectivity index (χ3v) is 5.66. The third kappa shape index (κ3) is 3.13. The summed E-state index contributed by atoms with van der Waals surface area (Å²) in [4.78, 5) is 38.0. The van der Waals surface area contributed by atoms with Crippen LogP contribution in [0.2, 0.25) is 0 Å². The van der Waals surface area contributed by atoms with Gasteiger partial charge in [0.15, 0.2) is 0 Å². The van der Waals surface area contributed by atoms with Crippen molar-refractivity contribution < 1.29 is 19.5 Å². The number of nitrogens with zero attached hydrogens (tertiary/aromatic N) is 1. The SMILES string of the molecule is CCNC(=O)c1ccc(C)c(NC(=O)N2C[C@@H]3CCC[C@@]3(C(=O)O)C2)c1. The van der Waals surface area contributed by atoms with Gasteiger partial charge in [0.25, 0.3) is 5.91 Å². The van der Waals surface area contributed by atoms with Gasteiger partial charge in [0, 0.05) is 30.9 Å². The average Bonchev–Trinajstić information content (AvgIpc) is 3.15. The molecule has 7 heteroatoms. The van der Waals surface area contributed by atoms with E-state index in [1.165, 1.54) is 0 Å². The molecule has 3 N–H and O–H groups in total. The number of carbonyl (C=O) groups is 3. The van der Waals surface area contributed by atoms with Crippen LogP contribution in [0.15, 0.2) is 18.2 Å². The second-order valence-electron chi connectivity index (χ2n) is 7.25. The van der Waals surface area contributed by atoms with Gasteiger partial charge in [-0.2, -0.15) is 0 Å². The molecule has 1 heterocycles. The molecule has 0 aromatic heterocycles. The lowest BCUT2D eigenvalue weighted by molar-refractivity contribution is -0.149. The summed E-state index contributed by atoms with van der Waals surface area (Å²) in [5.74, 6) is -0.971. The number of hydrogen-bond donors (Lipinski definition) is 3. The summed E-state index contributed by atoms with van der Waals surface area (Å²) in [6.45, 7) is 4.94. The van der Waals surface area contributed by atoms with Crippen molar-refractivity contribution in [3.05, 3.63) is 29.3 Å². The number of carboxylic acid groups (broad SMARTS) is 1. The molecule has 0 spiro atoms. The minimum atomic E-state index is -0.801. The topological polar surface area (TPSA) is 98.7 Å². The van der Waals surface area contributed by atoms with Gasteiger partial charge in [-0.05, 0) is 50.3 Å². The Labute approximate surface area is 152 Å². The molecule has 7 nitrogen and oxygen atoms in total. The third-order valence-electron chi connectivity index (χ3n) is 5.66. The molecule has 26 heavy (non-hydrogen) atoms. The van der Waals surface area contributed by atoms with Crippen LogP contribution in [0.1, 0.15) is 42.1 Å². The van der Waals surface area contributed by atoms with Crippen molar-refractivity contribution in [2.45, 2.75) is 33.1 Å². The van der Waals surface area contributed by atoms with Crippen molar-refractivity contribution in [1.29, 1.82) is 0 Å². The molecule has 0 unspecified atom stereocenters. The van der Waals surface area contributed by atoms with Crippen LogP contribution in [0.3, 0.4) is 0 Å². The van der Waals surface area contributed by atoms with Crippen molar-refractivity contribution in [3.8, 4) is 0 Å². The number of aliphatic carboxylic acids is 1. The zero-order valence-corrected chi connectivity index (χ0v) is 15.2. The molecular weight excluding hydrogens is 334 g/mol. The Bertz CT molecular complexity index is 748. The normalized spacial score (nSPS) is 24.2. The zero-order chi connectivity index (χ0) is 18.9. The van der Waals surface area contributed by atoms with Crippen LogP contribution in [0.4, 0.5) is 10.5 Å². The summed E-state index contributed by atoms with van der Waals surface area (Å²) >= 11 is 0. The van der Waals surface area contributed by atoms with E-state index in [9.17, 15) is 19.5 Å². The van der Waals surface area contributed by atoms with Gasteiger partial charge in [-0.15, -0.1) is 0 Å². The monoisotopic (exact) mass is 359 g/mol. The molecule has 1 aromatic rings. The molecular formula is C19H25N3O4. The minimum absolute atomic E-state index is 0.0218. The first-order valence-corrected chi connectivity index (χ1v) is 9.05. The Kier molecular flexibility index (Phi) is 4.89. The van der Waals surface area contributed by atoms with E-state index in [0.717, 1.165) is 18.4 Å². The highest BCUT2D eigenvalue weighted by atomic mass is 16.4. The molecule has 3 amide bonds. The smallest absolute Gasteiger partial charge is 0.321 e. The predicted molar refractivity (Wildman–Crippen MR) is 97.2 cm³/mol. The number of carboxylic acids is 1. The van der Waals surface area contributed by atoms with Crippen molar-refractivity contribution in [1.82, 2.24) is 10.2 Å². The maximum absolute atomic E-state index is 12.7. The number of likely N-dealkylation sites (tertiary alicyclic amines) is 1. The van der Waals surface area contributed by atoms with Crippen LogP contribution in [0.5, 0.6) is 0 Å². The first-order valence-electron chi connectivity index (χ1n) is 9.05. The van der Waals surface area contributed by atoms with E-state index in [2.05, 4.69) is 10.6 Å². The van der Waals surface area contributed by atoms with Gasteiger partial charge in [-0.25, -0.2) is 4.79 Å². The lowest BCUT2D eigenvalue weighted by Gasteiger charge is -2.23. The van der Waals surface area contributed by atoms with Gasteiger partial charge >= 0.3 is 12.0 Å². The largest absolute Gasteiger partial charge is 0.481 e. The van der Waals surface area contributed by atoms with Crippen molar-refractivity contribution in [2.24, 2.45) is 11.3 Å². The number of aryl methyl sites for hydroxylation is 1. The molecule has 0 radical (unpaired) electrons. The van der Waals surface area contributed by atoms with Crippen LogP contribution in [-0.2, 0) is 4.79 Å². The Morgan fingerprint density at radius 3 is 2.77 bits per heavy atom. The van der Waals surface area contributed by atoms with Crippen molar-refractivity contribution >= 4 is 23.6 Å².